The molecule has 0 unspecified atom stereocenters. The molecular formula is C31H35F. The van der Waals surface area contributed by atoms with Crippen LogP contribution in [0.2, 0.25) is 0 Å². The molecule has 1 heteroatoms. The summed E-state index contributed by atoms with van der Waals surface area (Å²) in [6.45, 7) is 5.81. The zero-order chi connectivity index (χ0) is 22.3. The number of benzene rings is 3. The van der Waals surface area contributed by atoms with Gasteiger partial charge in [0, 0.05) is 10.9 Å². The van der Waals surface area contributed by atoms with Crippen LogP contribution < -0.4 is 0 Å². The maximum absolute atomic E-state index is 14.5. The van der Waals surface area contributed by atoms with Crippen molar-refractivity contribution < 1.29 is 4.39 Å². The average Bonchev–Trinajstić information content (AvgIpc) is 2.84. The Morgan fingerprint density at radius 1 is 0.875 bits per heavy atom. The minimum absolute atomic E-state index is 0.189. The topological polar surface area (TPSA) is 0 Å². The van der Waals surface area contributed by atoms with Gasteiger partial charge in [-0.05, 0) is 72.6 Å². The Labute approximate surface area is 192 Å². The molecule has 4 rings (SSSR count). The van der Waals surface area contributed by atoms with Crippen molar-refractivity contribution in [1.82, 2.24) is 0 Å². The predicted octanol–water partition coefficient (Wildman–Crippen LogP) is 9.38. The van der Waals surface area contributed by atoms with Crippen LogP contribution in [-0.4, -0.2) is 0 Å². The van der Waals surface area contributed by atoms with E-state index in [4.69, 9.17) is 0 Å². The first-order chi connectivity index (χ1) is 15.7. The van der Waals surface area contributed by atoms with E-state index in [0.717, 1.165) is 22.8 Å². The second kappa shape index (κ2) is 10.8. The van der Waals surface area contributed by atoms with Crippen molar-refractivity contribution in [3.63, 3.8) is 0 Å². The summed E-state index contributed by atoms with van der Waals surface area (Å²) in [5, 5.41) is 1.58. The number of halogens is 1. The van der Waals surface area contributed by atoms with Crippen molar-refractivity contribution in [1.29, 1.82) is 0 Å². The highest BCUT2D eigenvalue weighted by molar-refractivity contribution is 5.89. The lowest BCUT2D eigenvalue weighted by atomic mass is 9.78. The Bertz CT molecular complexity index is 1070. The minimum Gasteiger partial charge on any atom is -0.206 e. The first-order valence-corrected chi connectivity index (χ1v) is 12.2. The summed E-state index contributed by atoms with van der Waals surface area (Å²) in [4.78, 5) is 0. The normalized spacial score (nSPS) is 18.9. The van der Waals surface area contributed by atoms with E-state index in [1.54, 1.807) is 12.1 Å². The van der Waals surface area contributed by atoms with Gasteiger partial charge >= 0.3 is 0 Å². The molecule has 32 heavy (non-hydrogen) atoms. The number of hydrogen-bond acceptors (Lipinski definition) is 0. The molecule has 166 valence electrons. The van der Waals surface area contributed by atoms with Crippen molar-refractivity contribution in [2.75, 3.05) is 0 Å². The molecule has 1 aliphatic carbocycles. The molecule has 0 aromatic heterocycles. The number of allylic oxidation sites excluding steroid dienone is 2. The highest BCUT2D eigenvalue weighted by atomic mass is 19.1. The van der Waals surface area contributed by atoms with Gasteiger partial charge < -0.3 is 0 Å². The summed E-state index contributed by atoms with van der Waals surface area (Å²) < 4.78 is 14.5. The smallest absolute Gasteiger partial charge is 0.138 e. The van der Waals surface area contributed by atoms with E-state index in [-0.39, 0.29) is 5.82 Å². The van der Waals surface area contributed by atoms with E-state index in [1.807, 2.05) is 18.2 Å². The SMILES string of the molecule is C=Cc1ccc2cc(-c3ccc(CCC4CCC(CC/C=C/C)CC4)cc3)ccc2c1F. The standard InChI is InChI=1S/C31H35F/c1-3-5-6-7-23-8-10-24(11-9-23)12-13-25-14-16-27(17-15-25)28-20-21-30-29(22-28)19-18-26(4-2)31(30)32/h3-5,14-24H,2,6-13H2,1H3/b5-3+. The molecular weight excluding hydrogens is 391 g/mol. The Balaban J connectivity index is 1.33. The Kier molecular flexibility index (Phi) is 7.58. The zero-order valence-electron chi connectivity index (χ0n) is 19.3. The third kappa shape index (κ3) is 5.38. The van der Waals surface area contributed by atoms with Crippen molar-refractivity contribution in [3.05, 3.63) is 90.3 Å². The lowest BCUT2D eigenvalue weighted by Crippen LogP contribution is -2.15. The van der Waals surface area contributed by atoms with Crippen LogP contribution in [0.3, 0.4) is 0 Å². The molecule has 0 N–H and O–H groups in total. The van der Waals surface area contributed by atoms with E-state index in [9.17, 15) is 4.39 Å². The van der Waals surface area contributed by atoms with E-state index in [2.05, 4.69) is 56.0 Å². The second-order valence-electron chi connectivity index (χ2n) is 9.38. The predicted molar refractivity (Wildman–Crippen MR) is 137 cm³/mol. The molecule has 1 aliphatic rings. The second-order valence-corrected chi connectivity index (χ2v) is 9.38. The van der Waals surface area contributed by atoms with Crippen LogP contribution in [0.1, 0.15) is 63.0 Å². The Morgan fingerprint density at radius 3 is 2.25 bits per heavy atom. The summed E-state index contributed by atoms with van der Waals surface area (Å²) in [6.07, 6.45) is 16.8. The first kappa shape index (κ1) is 22.5. The summed E-state index contributed by atoms with van der Waals surface area (Å²) in [5.41, 5.74) is 4.29. The molecule has 3 aromatic carbocycles. The summed E-state index contributed by atoms with van der Waals surface area (Å²) in [6, 6.07) is 18.7. The van der Waals surface area contributed by atoms with E-state index in [0.29, 0.717) is 10.9 Å². The van der Waals surface area contributed by atoms with Crippen LogP contribution in [-0.2, 0) is 6.42 Å². The number of fused-ring (bicyclic) bond motifs is 1. The maximum Gasteiger partial charge on any atom is 0.138 e. The zero-order valence-corrected chi connectivity index (χ0v) is 19.3. The van der Waals surface area contributed by atoms with Crippen molar-refractivity contribution >= 4 is 16.8 Å². The van der Waals surface area contributed by atoms with Gasteiger partial charge in [0.05, 0.1) is 0 Å². The van der Waals surface area contributed by atoms with Gasteiger partial charge in [-0.25, -0.2) is 4.39 Å². The lowest BCUT2D eigenvalue weighted by Gasteiger charge is -2.28. The largest absolute Gasteiger partial charge is 0.206 e. The maximum atomic E-state index is 14.5. The van der Waals surface area contributed by atoms with Gasteiger partial charge in [0.25, 0.3) is 0 Å². The van der Waals surface area contributed by atoms with Gasteiger partial charge in [0.15, 0.2) is 0 Å². The third-order valence-electron chi connectivity index (χ3n) is 7.28. The molecule has 0 heterocycles. The average molecular weight is 427 g/mol. The Morgan fingerprint density at radius 2 is 1.56 bits per heavy atom. The molecule has 0 nitrogen and oxygen atoms in total. The fourth-order valence-electron chi connectivity index (χ4n) is 5.19. The fourth-order valence-corrected chi connectivity index (χ4v) is 5.19. The number of hydrogen-bond donors (Lipinski definition) is 0. The number of rotatable bonds is 8. The molecule has 1 saturated carbocycles. The van der Waals surface area contributed by atoms with Gasteiger partial charge in [-0.3, -0.25) is 0 Å². The minimum atomic E-state index is -0.189. The van der Waals surface area contributed by atoms with Crippen molar-refractivity contribution in [3.8, 4) is 11.1 Å². The molecule has 0 spiro atoms. The van der Waals surface area contributed by atoms with Gasteiger partial charge in [0.1, 0.15) is 5.82 Å². The molecule has 0 saturated heterocycles. The van der Waals surface area contributed by atoms with Crippen LogP contribution in [0.25, 0.3) is 28.0 Å². The highest BCUT2D eigenvalue weighted by Crippen LogP contribution is 2.34. The van der Waals surface area contributed by atoms with E-state index < -0.39 is 0 Å². The lowest BCUT2D eigenvalue weighted by molar-refractivity contribution is 0.254. The molecule has 0 bridgehead atoms. The van der Waals surface area contributed by atoms with Crippen LogP contribution in [0.15, 0.2) is 73.3 Å². The monoisotopic (exact) mass is 426 g/mol. The molecule has 0 amide bonds. The van der Waals surface area contributed by atoms with Crippen LogP contribution >= 0.6 is 0 Å². The van der Waals surface area contributed by atoms with Crippen LogP contribution in [0, 0.1) is 17.7 Å². The van der Waals surface area contributed by atoms with Crippen molar-refractivity contribution in [2.24, 2.45) is 11.8 Å². The van der Waals surface area contributed by atoms with E-state index >= 15 is 0 Å². The van der Waals surface area contributed by atoms with Gasteiger partial charge in [0.2, 0.25) is 0 Å². The molecule has 0 aliphatic heterocycles. The molecule has 0 atom stereocenters. The number of aryl methyl sites for hydroxylation is 1. The van der Waals surface area contributed by atoms with Crippen LogP contribution in [0.4, 0.5) is 4.39 Å². The summed E-state index contributed by atoms with van der Waals surface area (Å²) >= 11 is 0. The highest BCUT2D eigenvalue weighted by Gasteiger charge is 2.20. The molecule has 0 radical (unpaired) electrons. The van der Waals surface area contributed by atoms with Gasteiger partial charge in [-0.15, -0.1) is 0 Å². The Hall–Kier alpha value is -2.67. The molecule has 3 aromatic rings. The summed E-state index contributed by atoms with van der Waals surface area (Å²) in [7, 11) is 0. The van der Waals surface area contributed by atoms with Gasteiger partial charge in [-0.2, -0.15) is 0 Å². The quantitative estimate of drug-likeness (QED) is 0.315. The van der Waals surface area contributed by atoms with Gasteiger partial charge in [-0.1, -0.05) is 99.0 Å². The molecule has 1 fully saturated rings. The van der Waals surface area contributed by atoms with E-state index in [1.165, 1.54) is 62.5 Å². The third-order valence-corrected chi connectivity index (χ3v) is 7.28. The van der Waals surface area contributed by atoms with Crippen LogP contribution in [0.5, 0.6) is 0 Å². The van der Waals surface area contributed by atoms with Crippen molar-refractivity contribution in [2.45, 2.75) is 58.3 Å². The summed E-state index contributed by atoms with van der Waals surface area (Å²) in [5.74, 6) is 1.65. The fraction of sp³-hybridized carbons (Fsp3) is 0.355. The first-order valence-electron chi connectivity index (χ1n) is 12.2.